The topological polar surface area (TPSA) is 12.0 Å². The van der Waals surface area contributed by atoms with E-state index in [0.29, 0.717) is 11.6 Å². The van der Waals surface area contributed by atoms with Crippen molar-refractivity contribution in [3.63, 3.8) is 0 Å². The fourth-order valence-electron chi connectivity index (χ4n) is 1.65. The largest absolute Gasteiger partial charge is 0.305 e. The summed E-state index contributed by atoms with van der Waals surface area (Å²) in [5.74, 6) is -0.314. The van der Waals surface area contributed by atoms with Crippen LogP contribution in [0.5, 0.6) is 0 Å². The maximum absolute atomic E-state index is 13.2. The molecule has 96 valence electrons. The van der Waals surface area contributed by atoms with Crippen LogP contribution in [0.3, 0.4) is 0 Å². The van der Waals surface area contributed by atoms with E-state index in [9.17, 15) is 4.39 Å². The van der Waals surface area contributed by atoms with Crippen molar-refractivity contribution in [1.82, 2.24) is 5.32 Å². The maximum atomic E-state index is 13.2. The van der Waals surface area contributed by atoms with Crippen LogP contribution >= 0.6 is 34.5 Å². The molecule has 0 radical (unpaired) electrons. The lowest BCUT2D eigenvalue weighted by atomic mass is 10.2. The molecule has 1 nitrogen and oxygen atoms in total. The molecule has 5 heteroatoms. The van der Waals surface area contributed by atoms with Crippen LogP contribution in [0.25, 0.3) is 0 Å². The van der Waals surface area contributed by atoms with Crippen molar-refractivity contribution < 1.29 is 4.39 Å². The molecule has 2 aromatic rings. The summed E-state index contributed by atoms with van der Waals surface area (Å²) in [6.07, 6.45) is 0. The fraction of sp³-hybridized carbons (Fsp3) is 0.231. The number of halogens is 3. The first kappa shape index (κ1) is 13.8. The van der Waals surface area contributed by atoms with Crippen LogP contribution < -0.4 is 5.32 Å². The van der Waals surface area contributed by atoms with Gasteiger partial charge in [-0.15, -0.1) is 11.3 Å². The highest BCUT2D eigenvalue weighted by Gasteiger charge is 2.08. The van der Waals surface area contributed by atoms with Gasteiger partial charge in [0.1, 0.15) is 5.82 Å². The Morgan fingerprint density at radius 2 is 2.06 bits per heavy atom. The SMILES string of the molecule is CC(NCc1cc(F)cc(Cl)c1)c1ccc(Cl)s1. The van der Waals surface area contributed by atoms with Gasteiger partial charge in [-0.1, -0.05) is 23.2 Å². The van der Waals surface area contributed by atoms with E-state index < -0.39 is 0 Å². The lowest BCUT2D eigenvalue weighted by Crippen LogP contribution is -2.17. The van der Waals surface area contributed by atoms with Gasteiger partial charge in [0.15, 0.2) is 0 Å². The molecular weight excluding hydrogens is 292 g/mol. The molecule has 0 aliphatic heterocycles. The minimum atomic E-state index is -0.314. The first-order chi connectivity index (χ1) is 8.54. The van der Waals surface area contributed by atoms with Gasteiger partial charge in [0.05, 0.1) is 4.34 Å². The Bertz CT molecular complexity index is 521. The Morgan fingerprint density at radius 3 is 2.67 bits per heavy atom. The highest BCUT2D eigenvalue weighted by atomic mass is 35.5. The van der Waals surface area contributed by atoms with Crippen molar-refractivity contribution in [1.29, 1.82) is 0 Å². The summed E-state index contributed by atoms with van der Waals surface area (Å²) in [5.41, 5.74) is 0.828. The Morgan fingerprint density at radius 1 is 1.28 bits per heavy atom. The van der Waals surface area contributed by atoms with Crippen molar-refractivity contribution in [2.24, 2.45) is 0 Å². The molecule has 1 unspecified atom stereocenters. The molecule has 0 fully saturated rings. The number of thiophene rings is 1. The molecule has 0 saturated carbocycles. The Labute approximate surface area is 120 Å². The Kier molecular flexibility index (Phi) is 4.62. The number of rotatable bonds is 4. The Balaban J connectivity index is 1.99. The Hall–Kier alpha value is -0.610. The second-order valence-corrected chi connectivity index (χ2v) is 6.21. The van der Waals surface area contributed by atoms with Crippen molar-refractivity contribution in [2.75, 3.05) is 0 Å². The zero-order chi connectivity index (χ0) is 13.1. The van der Waals surface area contributed by atoms with Crippen LogP contribution in [0.2, 0.25) is 9.36 Å². The number of hydrogen-bond donors (Lipinski definition) is 1. The average molecular weight is 304 g/mol. The number of nitrogens with one attached hydrogen (secondary N) is 1. The normalized spacial score (nSPS) is 12.7. The smallest absolute Gasteiger partial charge is 0.125 e. The van der Waals surface area contributed by atoms with E-state index in [1.54, 1.807) is 17.4 Å². The minimum absolute atomic E-state index is 0.171. The third-order valence-electron chi connectivity index (χ3n) is 2.56. The van der Waals surface area contributed by atoms with Gasteiger partial charge in [0, 0.05) is 22.5 Å². The molecular formula is C13H12Cl2FNS. The van der Waals surface area contributed by atoms with Crippen molar-refractivity contribution >= 4 is 34.5 Å². The third-order valence-corrected chi connectivity index (χ3v) is 4.19. The molecule has 1 atom stereocenters. The molecule has 0 saturated heterocycles. The average Bonchev–Trinajstić information content (AvgIpc) is 2.71. The molecule has 0 aliphatic rings. The van der Waals surface area contributed by atoms with Gasteiger partial charge in [0.2, 0.25) is 0 Å². The van der Waals surface area contributed by atoms with Gasteiger partial charge in [-0.3, -0.25) is 0 Å². The predicted octanol–water partition coefficient (Wildman–Crippen LogP) is 5.04. The van der Waals surface area contributed by atoms with E-state index in [1.807, 2.05) is 19.1 Å². The van der Waals surface area contributed by atoms with E-state index in [0.717, 1.165) is 14.8 Å². The van der Waals surface area contributed by atoms with Crippen LogP contribution in [0.15, 0.2) is 30.3 Å². The molecule has 0 spiro atoms. The standard InChI is InChI=1S/C13H12Cl2FNS/c1-8(12-2-3-13(15)18-12)17-7-9-4-10(14)6-11(16)5-9/h2-6,8,17H,7H2,1H3. The molecule has 0 bridgehead atoms. The second-order valence-electron chi connectivity index (χ2n) is 4.02. The zero-order valence-corrected chi connectivity index (χ0v) is 12.0. The van der Waals surface area contributed by atoms with E-state index in [2.05, 4.69) is 5.32 Å². The lowest BCUT2D eigenvalue weighted by molar-refractivity contribution is 0.576. The van der Waals surface area contributed by atoms with Gasteiger partial charge >= 0.3 is 0 Å². The summed E-state index contributed by atoms with van der Waals surface area (Å²) in [6, 6.07) is 8.57. The summed E-state index contributed by atoms with van der Waals surface area (Å²) in [4.78, 5) is 1.16. The van der Waals surface area contributed by atoms with Gasteiger partial charge in [-0.25, -0.2) is 4.39 Å². The summed E-state index contributed by atoms with van der Waals surface area (Å²) in [5, 5.41) is 3.72. The third kappa shape index (κ3) is 3.69. The summed E-state index contributed by atoms with van der Waals surface area (Å²) < 4.78 is 13.9. The molecule has 1 N–H and O–H groups in total. The maximum Gasteiger partial charge on any atom is 0.125 e. The first-order valence-electron chi connectivity index (χ1n) is 5.48. The van der Waals surface area contributed by atoms with Crippen LogP contribution in [0, 0.1) is 5.82 Å². The minimum Gasteiger partial charge on any atom is -0.305 e. The molecule has 0 amide bonds. The fourth-order valence-corrected chi connectivity index (χ4v) is 2.98. The molecule has 0 aliphatic carbocycles. The second kappa shape index (κ2) is 6.02. The number of benzene rings is 1. The molecule has 1 heterocycles. The zero-order valence-electron chi connectivity index (χ0n) is 9.71. The summed E-state index contributed by atoms with van der Waals surface area (Å²) in [7, 11) is 0. The van der Waals surface area contributed by atoms with Crippen molar-refractivity contribution in [2.45, 2.75) is 19.5 Å². The predicted molar refractivity (Wildman–Crippen MR) is 76.0 cm³/mol. The van der Waals surface area contributed by atoms with E-state index in [1.165, 1.54) is 12.1 Å². The molecule has 1 aromatic carbocycles. The van der Waals surface area contributed by atoms with Crippen LogP contribution in [-0.4, -0.2) is 0 Å². The van der Waals surface area contributed by atoms with Gasteiger partial charge in [-0.05, 0) is 42.8 Å². The van der Waals surface area contributed by atoms with Crippen molar-refractivity contribution in [3.8, 4) is 0 Å². The molecule has 1 aromatic heterocycles. The lowest BCUT2D eigenvalue weighted by Gasteiger charge is -2.12. The van der Waals surface area contributed by atoms with Crippen LogP contribution in [-0.2, 0) is 6.54 Å². The van der Waals surface area contributed by atoms with Crippen LogP contribution in [0.4, 0.5) is 4.39 Å². The van der Waals surface area contributed by atoms with Gasteiger partial charge in [0.25, 0.3) is 0 Å². The van der Waals surface area contributed by atoms with E-state index >= 15 is 0 Å². The van der Waals surface area contributed by atoms with Crippen LogP contribution in [0.1, 0.15) is 23.4 Å². The highest BCUT2D eigenvalue weighted by Crippen LogP contribution is 2.26. The quantitative estimate of drug-likeness (QED) is 0.834. The number of hydrogen-bond acceptors (Lipinski definition) is 2. The van der Waals surface area contributed by atoms with Gasteiger partial charge < -0.3 is 5.32 Å². The summed E-state index contributed by atoms with van der Waals surface area (Å²) >= 11 is 13.2. The van der Waals surface area contributed by atoms with E-state index in [4.69, 9.17) is 23.2 Å². The monoisotopic (exact) mass is 303 g/mol. The van der Waals surface area contributed by atoms with Gasteiger partial charge in [-0.2, -0.15) is 0 Å². The van der Waals surface area contributed by atoms with E-state index in [-0.39, 0.29) is 11.9 Å². The van der Waals surface area contributed by atoms with Crippen molar-refractivity contribution in [3.05, 3.63) is 55.9 Å². The summed E-state index contributed by atoms with van der Waals surface area (Å²) in [6.45, 7) is 2.61. The molecule has 18 heavy (non-hydrogen) atoms. The first-order valence-corrected chi connectivity index (χ1v) is 7.05. The molecule has 2 rings (SSSR count). The highest BCUT2D eigenvalue weighted by molar-refractivity contribution is 7.16.